The van der Waals surface area contributed by atoms with Crippen LogP contribution in [0.4, 0.5) is 0 Å². The maximum Gasteiger partial charge on any atom is 0.271 e. The summed E-state index contributed by atoms with van der Waals surface area (Å²) in [6.07, 6.45) is 6.78. The van der Waals surface area contributed by atoms with Crippen LogP contribution in [0.1, 0.15) is 88.3 Å². The van der Waals surface area contributed by atoms with Crippen LogP contribution in [0, 0.1) is 11.8 Å². The molecule has 1 aromatic heterocycles. The first-order valence-electron chi connectivity index (χ1n) is 16.1. The molecule has 0 aliphatic carbocycles. The Morgan fingerprint density at radius 1 is 1.14 bits per heavy atom. The lowest BCUT2D eigenvalue weighted by molar-refractivity contribution is -0.140. The van der Waals surface area contributed by atoms with Gasteiger partial charge in [-0.2, -0.15) is 0 Å². The highest BCUT2D eigenvalue weighted by Crippen LogP contribution is 2.22. The molecule has 1 saturated heterocycles. The fraction of sp³-hybridized carbons (Fsp3) is 0.600. The Hall–Kier alpha value is -3.04. The summed E-state index contributed by atoms with van der Waals surface area (Å²) < 4.78 is 0. The lowest BCUT2D eigenvalue weighted by Gasteiger charge is -2.36. The number of amides is 3. The predicted molar refractivity (Wildman–Crippen MR) is 180 cm³/mol. The standard InChI is InChI=1S/C35H53N5O3S/c1-9-25(6)32(38-34(42)30-16-13-19-39(30)7)35(43)40(8)29(24(4)5)17-18-31-37-28(22-44-31)33(41)36-27(20-23(2)3)21-26-14-11-10-12-15-26/h10-12,14-15,20,22,24-25,27,29-30,32H,9,13,16-19,21H2,1-8H3,(H,36,41)(H,38,42)/t25?,27-,29-,30?,32+/m1/s1. The van der Waals surface area contributed by atoms with Crippen LogP contribution in [0.25, 0.3) is 0 Å². The first kappa shape index (κ1) is 35.4. The highest BCUT2D eigenvalue weighted by molar-refractivity contribution is 7.09. The maximum atomic E-state index is 13.9. The number of carbonyl (C=O) groups is 3. The summed E-state index contributed by atoms with van der Waals surface area (Å²) in [5.41, 5.74) is 2.73. The number of nitrogens with one attached hydrogen (secondary N) is 2. The topological polar surface area (TPSA) is 94.6 Å². The molecular weight excluding hydrogens is 570 g/mol. The minimum atomic E-state index is -0.562. The van der Waals surface area contributed by atoms with Crippen molar-refractivity contribution in [2.24, 2.45) is 11.8 Å². The van der Waals surface area contributed by atoms with Crippen molar-refractivity contribution in [3.05, 3.63) is 63.6 Å². The van der Waals surface area contributed by atoms with Crippen LogP contribution in [0.15, 0.2) is 47.4 Å². The second kappa shape index (κ2) is 16.9. The average Bonchev–Trinajstić information content (AvgIpc) is 3.64. The van der Waals surface area contributed by atoms with Crippen molar-refractivity contribution >= 4 is 29.1 Å². The molecule has 0 radical (unpaired) electrons. The second-order valence-corrected chi connectivity index (χ2v) is 13.9. The van der Waals surface area contributed by atoms with E-state index in [2.05, 4.69) is 59.5 Å². The van der Waals surface area contributed by atoms with E-state index in [4.69, 9.17) is 0 Å². The van der Waals surface area contributed by atoms with Crippen molar-refractivity contribution in [3.8, 4) is 0 Å². The molecule has 0 spiro atoms. The van der Waals surface area contributed by atoms with Gasteiger partial charge in [0.05, 0.1) is 17.1 Å². The summed E-state index contributed by atoms with van der Waals surface area (Å²) in [7, 11) is 3.82. The van der Waals surface area contributed by atoms with E-state index in [0.717, 1.165) is 48.4 Å². The molecule has 2 aromatic rings. The third kappa shape index (κ3) is 9.99. The molecule has 242 valence electrons. The third-order valence-corrected chi connectivity index (χ3v) is 9.71. The van der Waals surface area contributed by atoms with Gasteiger partial charge in [-0.05, 0) is 70.5 Å². The molecule has 1 aromatic carbocycles. The molecule has 3 amide bonds. The number of allylic oxidation sites excluding steroid dienone is 1. The van der Waals surface area contributed by atoms with Gasteiger partial charge < -0.3 is 15.5 Å². The van der Waals surface area contributed by atoms with E-state index in [1.807, 2.05) is 63.3 Å². The van der Waals surface area contributed by atoms with E-state index in [9.17, 15) is 14.4 Å². The zero-order valence-electron chi connectivity index (χ0n) is 27.9. The maximum absolute atomic E-state index is 13.9. The van der Waals surface area contributed by atoms with Crippen molar-refractivity contribution < 1.29 is 14.4 Å². The molecule has 8 nitrogen and oxygen atoms in total. The molecule has 5 atom stereocenters. The number of likely N-dealkylation sites (N-methyl/N-ethyl adjacent to an activating group) is 2. The van der Waals surface area contributed by atoms with Crippen LogP contribution >= 0.6 is 11.3 Å². The van der Waals surface area contributed by atoms with E-state index in [1.165, 1.54) is 11.3 Å². The van der Waals surface area contributed by atoms with E-state index in [0.29, 0.717) is 18.5 Å². The van der Waals surface area contributed by atoms with Crippen LogP contribution < -0.4 is 10.6 Å². The quantitative estimate of drug-likeness (QED) is 0.256. The Labute approximate surface area is 268 Å². The summed E-state index contributed by atoms with van der Waals surface area (Å²) in [6.45, 7) is 13.3. The fourth-order valence-electron chi connectivity index (χ4n) is 6.00. The van der Waals surface area contributed by atoms with Crippen LogP contribution in [0.2, 0.25) is 0 Å². The van der Waals surface area contributed by atoms with E-state index in [-0.39, 0.29) is 47.7 Å². The van der Waals surface area contributed by atoms with Crippen LogP contribution in [0.5, 0.6) is 0 Å². The van der Waals surface area contributed by atoms with E-state index < -0.39 is 6.04 Å². The molecule has 0 bridgehead atoms. The Morgan fingerprint density at radius 3 is 2.43 bits per heavy atom. The Morgan fingerprint density at radius 2 is 1.84 bits per heavy atom. The second-order valence-electron chi connectivity index (χ2n) is 12.9. The predicted octanol–water partition coefficient (Wildman–Crippen LogP) is 5.49. The first-order valence-corrected chi connectivity index (χ1v) is 17.0. The molecule has 1 aliphatic rings. The van der Waals surface area contributed by atoms with Gasteiger partial charge >= 0.3 is 0 Å². The minimum absolute atomic E-state index is 0.0190. The molecule has 0 saturated carbocycles. The van der Waals surface area contributed by atoms with Gasteiger partial charge in [-0.25, -0.2) is 4.98 Å². The zero-order chi connectivity index (χ0) is 32.4. The average molecular weight is 624 g/mol. The van der Waals surface area contributed by atoms with Crippen molar-refractivity contribution in [2.75, 3.05) is 20.6 Å². The molecule has 1 aliphatic heterocycles. The summed E-state index contributed by atoms with van der Waals surface area (Å²) >= 11 is 1.48. The Kier molecular flexibility index (Phi) is 13.6. The molecular formula is C35H53N5O3S. The largest absolute Gasteiger partial charge is 0.344 e. The summed E-state index contributed by atoms with van der Waals surface area (Å²) in [4.78, 5) is 48.7. The van der Waals surface area contributed by atoms with Gasteiger partial charge in [0.1, 0.15) is 11.7 Å². The first-order chi connectivity index (χ1) is 20.9. The molecule has 44 heavy (non-hydrogen) atoms. The van der Waals surface area contributed by atoms with Gasteiger partial charge in [-0.15, -0.1) is 11.3 Å². The Bertz CT molecular complexity index is 1260. The number of hydrogen-bond donors (Lipinski definition) is 2. The summed E-state index contributed by atoms with van der Waals surface area (Å²) in [6, 6.07) is 9.25. The number of aromatic nitrogens is 1. The lowest BCUT2D eigenvalue weighted by atomic mass is 9.93. The number of nitrogens with zero attached hydrogens (tertiary/aromatic N) is 3. The van der Waals surface area contributed by atoms with Crippen molar-refractivity contribution in [3.63, 3.8) is 0 Å². The normalized spacial score (nSPS) is 17.9. The van der Waals surface area contributed by atoms with E-state index >= 15 is 0 Å². The lowest BCUT2D eigenvalue weighted by Crippen LogP contribution is -2.56. The van der Waals surface area contributed by atoms with E-state index in [1.54, 1.807) is 0 Å². The molecule has 2 heterocycles. The number of likely N-dealkylation sites (tertiary alicyclic amines) is 1. The third-order valence-electron chi connectivity index (χ3n) is 8.80. The van der Waals surface area contributed by atoms with Crippen LogP contribution in [0.3, 0.4) is 0 Å². The minimum Gasteiger partial charge on any atom is -0.344 e. The highest BCUT2D eigenvalue weighted by atomic mass is 32.1. The van der Waals surface area contributed by atoms with Crippen molar-refractivity contribution in [2.45, 2.75) is 104 Å². The number of benzene rings is 1. The van der Waals surface area contributed by atoms with Crippen molar-refractivity contribution in [1.29, 1.82) is 0 Å². The monoisotopic (exact) mass is 623 g/mol. The molecule has 9 heteroatoms. The van der Waals surface area contributed by atoms with Crippen LogP contribution in [-0.4, -0.2) is 77.3 Å². The molecule has 2 unspecified atom stereocenters. The number of carbonyl (C=O) groups excluding carboxylic acids is 3. The van der Waals surface area contributed by atoms with Crippen LogP contribution in [-0.2, 0) is 22.4 Å². The van der Waals surface area contributed by atoms with Gasteiger partial charge in [0.25, 0.3) is 5.91 Å². The zero-order valence-corrected chi connectivity index (χ0v) is 28.7. The Balaban J connectivity index is 1.64. The summed E-state index contributed by atoms with van der Waals surface area (Å²) in [5, 5.41) is 8.96. The van der Waals surface area contributed by atoms with Gasteiger partial charge in [0.15, 0.2) is 0 Å². The van der Waals surface area contributed by atoms with Gasteiger partial charge in [0, 0.05) is 24.9 Å². The van der Waals surface area contributed by atoms with Gasteiger partial charge in [-0.3, -0.25) is 19.3 Å². The molecule has 2 N–H and O–H groups in total. The number of aryl methyl sites for hydroxylation is 1. The summed E-state index contributed by atoms with van der Waals surface area (Å²) in [5.74, 6) is -0.0507. The molecule has 3 rings (SSSR count). The number of rotatable bonds is 15. The highest BCUT2D eigenvalue weighted by Gasteiger charge is 2.36. The smallest absolute Gasteiger partial charge is 0.271 e. The number of hydrogen-bond acceptors (Lipinski definition) is 6. The molecule has 1 fully saturated rings. The fourth-order valence-corrected chi connectivity index (χ4v) is 6.79. The van der Waals surface area contributed by atoms with Crippen molar-refractivity contribution in [1.82, 2.24) is 25.4 Å². The SMILES string of the molecule is CCC(C)[C@H](NC(=O)C1CCCN1C)C(=O)N(C)[C@H](CCc1nc(C(=O)N[C@H](C=C(C)C)Cc2ccccc2)cs1)C(C)C. The number of thiazole rings is 1. The van der Waals surface area contributed by atoms with Gasteiger partial charge in [-0.1, -0.05) is 76.1 Å². The van der Waals surface area contributed by atoms with Gasteiger partial charge in [0.2, 0.25) is 11.8 Å².